The van der Waals surface area contributed by atoms with E-state index in [-0.39, 0.29) is 22.3 Å². The van der Waals surface area contributed by atoms with Crippen molar-refractivity contribution in [2.75, 3.05) is 18.6 Å². The second-order valence-corrected chi connectivity index (χ2v) is 10.1. The molecule has 1 aliphatic rings. The number of unbranched alkanes of at least 4 members (excludes halogenated alkanes) is 2. The number of aromatic nitrogens is 2. The lowest BCUT2D eigenvalue weighted by Gasteiger charge is -2.23. The lowest BCUT2D eigenvalue weighted by molar-refractivity contribution is 0.0970. The molecule has 1 amide bonds. The molecule has 3 heterocycles. The normalized spacial score (nSPS) is 14.8. The van der Waals surface area contributed by atoms with Crippen molar-refractivity contribution < 1.29 is 23.1 Å². The average molecular weight is 538 g/mol. The standard InChI is InChI=1S/C28H28FN3O5S/c1-4-6-7-13-36-20-11-9-16(14-21(20)35-3)24-23-25(33)18-15-17(29)10-12-19(18)37-26(23)27(34)32(24)28-31-30-22(38-28)8-5-2/h9-12,14-15,24H,4-8,13H2,1-3H3. The number of hydrogen-bond donors (Lipinski definition) is 0. The Morgan fingerprint density at radius 3 is 2.66 bits per heavy atom. The Labute approximate surface area is 223 Å². The minimum absolute atomic E-state index is 0.0650. The number of rotatable bonds is 10. The summed E-state index contributed by atoms with van der Waals surface area (Å²) in [6.45, 7) is 4.71. The van der Waals surface area contributed by atoms with E-state index in [0.717, 1.165) is 43.2 Å². The molecule has 1 atom stereocenters. The molecule has 0 bridgehead atoms. The number of carbonyl (C=O) groups is 1. The number of carbonyl (C=O) groups excluding carboxylic acids is 1. The summed E-state index contributed by atoms with van der Waals surface area (Å²) in [6, 6.07) is 8.12. The van der Waals surface area contributed by atoms with Crippen LogP contribution in [-0.2, 0) is 6.42 Å². The van der Waals surface area contributed by atoms with Crippen LogP contribution >= 0.6 is 11.3 Å². The lowest BCUT2D eigenvalue weighted by atomic mass is 9.98. The van der Waals surface area contributed by atoms with Gasteiger partial charge in [0.05, 0.1) is 30.7 Å². The van der Waals surface area contributed by atoms with Crippen LogP contribution in [0.1, 0.15) is 72.3 Å². The van der Waals surface area contributed by atoms with Gasteiger partial charge in [-0.3, -0.25) is 14.5 Å². The number of ether oxygens (including phenoxy) is 2. The number of fused-ring (bicyclic) bond motifs is 2. The highest BCUT2D eigenvalue weighted by Gasteiger charge is 2.45. The van der Waals surface area contributed by atoms with Crippen LogP contribution < -0.4 is 19.8 Å². The Morgan fingerprint density at radius 1 is 1.05 bits per heavy atom. The summed E-state index contributed by atoms with van der Waals surface area (Å²) in [4.78, 5) is 28.9. The van der Waals surface area contributed by atoms with Crippen LogP contribution in [0.2, 0.25) is 0 Å². The summed E-state index contributed by atoms with van der Waals surface area (Å²) in [5, 5.41) is 9.70. The molecule has 0 radical (unpaired) electrons. The van der Waals surface area contributed by atoms with Crippen molar-refractivity contribution >= 4 is 33.3 Å². The number of anilines is 1. The van der Waals surface area contributed by atoms with Gasteiger partial charge in [0, 0.05) is 6.42 Å². The van der Waals surface area contributed by atoms with E-state index in [1.807, 2.05) is 6.92 Å². The third-order valence-electron chi connectivity index (χ3n) is 6.47. The van der Waals surface area contributed by atoms with Gasteiger partial charge in [-0.25, -0.2) is 4.39 Å². The number of aryl methyl sites for hydroxylation is 1. The van der Waals surface area contributed by atoms with E-state index >= 15 is 0 Å². The van der Waals surface area contributed by atoms with E-state index in [4.69, 9.17) is 13.9 Å². The first-order valence-corrected chi connectivity index (χ1v) is 13.5. The first-order chi connectivity index (χ1) is 18.5. The molecule has 0 spiro atoms. The third kappa shape index (κ3) is 4.64. The second-order valence-electron chi connectivity index (χ2n) is 9.09. The molecular formula is C28H28FN3O5S. The minimum Gasteiger partial charge on any atom is -0.493 e. The van der Waals surface area contributed by atoms with Crippen LogP contribution in [0.4, 0.5) is 9.52 Å². The molecule has 0 fully saturated rings. The summed E-state index contributed by atoms with van der Waals surface area (Å²) in [5.74, 6) is -0.129. The van der Waals surface area contributed by atoms with Gasteiger partial charge in [0.25, 0.3) is 5.91 Å². The van der Waals surface area contributed by atoms with Crippen molar-refractivity contribution in [1.82, 2.24) is 10.2 Å². The zero-order valence-electron chi connectivity index (χ0n) is 21.5. The van der Waals surface area contributed by atoms with Gasteiger partial charge in [0.1, 0.15) is 16.4 Å². The summed E-state index contributed by atoms with van der Waals surface area (Å²) in [7, 11) is 1.54. The van der Waals surface area contributed by atoms with Crippen molar-refractivity contribution in [2.24, 2.45) is 0 Å². The SMILES string of the molecule is CCCCCOc1ccc(C2c3c(oc4ccc(F)cc4c3=O)C(=O)N2c2nnc(CCC)s2)cc1OC. The number of methoxy groups -OCH3 is 1. The molecule has 5 rings (SSSR count). The van der Waals surface area contributed by atoms with Gasteiger partial charge in [-0.2, -0.15) is 0 Å². The van der Waals surface area contributed by atoms with Gasteiger partial charge in [-0.15, -0.1) is 10.2 Å². The number of hydrogen-bond acceptors (Lipinski definition) is 8. The fraction of sp³-hybridized carbons (Fsp3) is 0.357. The number of benzene rings is 2. The molecule has 0 saturated carbocycles. The van der Waals surface area contributed by atoms with E-state index in [1.165, 1.54) is 35.5 Å². The molecular weight excluding hydrogens is 509 g/mol. The third-order valence-corrected chi connectivity index (χ3v) is 7.45. The number of amides is 1. The Kier molecular flexibility index (Phi) is 7.42. The largest absolute Gasteiger partial charge is 0.493 e. The van der Waals surface area contributed by atoms with Crippen LogP contribution in [-0.4, -0.2) is 29.8 Å². The molecule has 1 unspecified atom stereocenters. The highest BCUT2D eigenvalue weighted by molar-refractivity contribution is 7.15. The predicted octanol–water partition coefficient (Wildman–Crippen LogP) is 6.06. The smallest absolute Gasteiger partial charge is 0.297 e. The molecule has 2 aromatic heterocycles. The molecule has 0 saturated heterocycles. The summed E-state index contributed by atoms with van der Waals surface area (Å²) < 4.78 is 31.5. The van der Waals surface area contributed by atoms with E-state index in [9.17, 15) is 14.0 Å². The highest BCUT2D eigenvalue weighted by atomic mass is 32.1. The van der Waals surface area contributed by atoms with Crippen molar-refractivity contribution in [3.05, 3.63) is 74.3 Å². The summed E-state index contributed by atoms with van der Waals surface area (Å²) in [6.07, 6.45) is 4.65. The fourth-order valence-corrected chi connectivity index (χ4v) is 5.59. The molecule has 4 aromatic rings. The van der Waals surface area contributed by atoms with E-state index in [2.05, 4.69) is 17.1 Å². The zero-order valence-corrected chi connectivity index (χ0v) is 22.3. The Balaban J connectivity index is 1.65. The Bertz CT molecular complexity index is 1550. The Morgan fingerprint density at radius 2 is 1.89 bits per heavy atom. The maximum Gasteiger partial charge on any atom is 0.297 e. The van der Waals surface area contributed by atoms with Crippen LogP contribution in [0.25, 0.3) is 11.0 Å². The monoisotopic (exact) mass is 537 g/mol. The van der Waals surface area contributed by atoms with E-state index in [1.54, 1.807) is 18.2 Å². The molecule has 38 heavy (non-hydrogen) atoms. The van der Waals surface area contributed by atoms with Crippen LogP contribution in [0.15, 0.2) is 45.6 Å². The van der Waals surface area contributed by atoms with Gasteiger partial charge in [0.15, 0.2) is 16.9 Å². The lowest BCUT2D eigenvalue weighted by Crippen LogP contribution is -2.29. The van der Waals surface area contributed by atoms with Gasteiger partial charge in [-0.1, -0.05) is 44.1 Å². The topological polar surface area (TPSA) is 94.8 Å². The molecule has 0 aliphatic carbocycles. The maximum absolute atomic E-state index is 14.1. The maximum atomic E-state index is 14.1. The number of halogens is 1. The zero-order chi connectivity index (χ0) is 26.8. The van der Waals surface area contributed by atoms with Crippen LogP contribution in [0.3, 0.4) is 0 Å². The molecule has 10 heteroatoms. The molecule has 1 aliphatic heterocycles. The van der Waals surface area contributed by atoms with E-state index < -0.39 is 23.2 Å². The molecule has 198 valence electrons. The van der Waals surface area contributed by atoms with Crippen molar-refractivity contribution in [3.8, 4) is 11.5 Å². The van der Waals surface area contributed by atoms with Crippen LogP contribution in [0.5, 0.6) is 11.5 Å². The molecule has 0 N–H and O–H groups in total. The summed E-state index contributed by atoms with van der Waals surface area (Å²) in [5.41, 5.74) is 0.393. The van der Waals surface area contributed by atoms with Crippen molar-refractivity contribution in [3.63, 3.8) is 0 Å². The van der Waals surface area contributed by atoms with Crippen LogP contribution in [0, 0.1) is 5.82 Å². The highest BCUT2D eigenvalue weighted by Crippen LogP contribution is 2.44. The Hall–Kier alpha value is -3.79. The van der Waals surface area contributed by atoms with Crippen molar-refractivity contribution in [1.29, 1.82) is 0 Å². The predicted molar refractivity (Wildman–Crippen MR) is 143 cm³/mol. The summed E-state index contributed by atoms with van der Waals surface area (Å²) >= 11 is 1.29. The molecule has 2 aromatic carbocycles. The van der Waals surface area contributed by atoms with Crippen molar-refractivity contribution in [2.45, 2.75) is 52.0 Å². The first-order valence-electron chi connectivity index (χ1n) is 12.7. The van der Waals surface area contributed by atoms with E-state index in [0.29, 0.717) is 28.8 Å². The van der Waals surface area contributed by atoms with Gasteiger partial charge in [0.2, 0.25) is 10.9 Å². The first kappa shape index (κ1) is 25.8. The minimum atomic E-state index is -0.869. The fourth-order valence-electron chi connectivity index (χ4n) is 4.62. The quantitative estimate of drug-likeness (QED) is 0.227. The number of nitrogens with zero attached hydrogens (tertiary/aromatic N) is 3. The second kappa shape index (κ2) is 10.9. The molecule has 8 nitrogen and oxygen atoms in total. The average Bonchev–Trinajstić information content (AvgIpc) is 3.49. The van der Waals surface area contributed by atoms with Gasteiger partial charge in [-0.05, 0) is 48.7 Å². The van der Waals surface area contributed by atoms with Gasteiger partial charge < -0.3 is 13.9 Å². The van der Waals surface area contributed by atoms with Gasteiger partial charge >= 0.3 is 0 Å².